The second kappa shape index (κ2) is 10.3. The molecule has 1 aliphatic rings. The van der Waals surface area contributed by atoms with Gasteiger partial charge in [0.15, 0.2) is 0 Å². The van der Waals surface area contributed by atoms with Crippen molar-refractivity contribution >= 4 is 18.0 Å². The Labute approximate surface area is 201 Å². The molecule has 3 rings (SSSR count). The number of benzene rings is 2. The number of fused-ring (bicyclic) bond motifs is 3. The van der Waals surface area contributed by atoms with E-state index in [0.717, 1.165) is 22.3 Å². The molecule has 1 aliphatic carbocycles. The second-order valence-corrected chi connectivity index (χ2v) is 9.95. The quantitative estimate of drug-likeness (QED) is 0.590. The van der Waals surface area contributed by atoms with Gasteiger partial charge in [0, 0.05) is 25.4 Å². The molecule has 2 unspecified atom stereocenters. The highest BCUT2D eigenvalue weighted by atomic mass is 16.5. The number of hydrogen-bond acceptors (Lipinski definition) is 4. The van der Waals surface area contributed by atoms with Crippen LogP contribution in [0.2, 0.25) is 0 Å². The normalized spacial score (nSPS) is 14.5. The molecule has 0 fully saturated rings. The molecule has 7 heteroatoms. The van der Waals surface area contributed by atoms with Gasteiger partial charge in [0.25, 0.3) is 0 Å². The lowest BCUT2D eigenvalue weighted by molar-refractivity contribution is -0.138. The fourth-order valence-electron chi connectivity index (χ4n) is 4.33. The van der Waals surface area contributed by atoms with E-state index in [9.17, 15) is 14.4 Å². The van der Waals surface area contributed by atoms with Crippen molar-refractivity contribution in [2.75, 3.05) is 13.7 Å². The molecule has 2 aromatic rings. The van der Waals surface area contributed by atoms with E-state index < -0.39 is 18.1 Å². The average molecular weight is 467 g/mol. The molecule has 2 aromatic carbocycles. The van der Waals surface area contributed by atoms with Crippen LogP contribution in [0, 0.1) is 5.41 Å². The van der Waals surface area contributed by atoms with Crippen LogP contribution in [-0.2, 0) is 14.3 Å². The van der Waals surface area contributed by atoms with E-state index in [1.165, 1.54) is 0 Å². The highest BCUT2D eigenvalue weighted by molar-refractivity contribution is 5.86. The first kappa shape index (κ1) is 25.3. The van der Waals surface area contributed by atoms with Crippen LogP contribution in [0.3, 0.4) is 0 Å². The molecular weight excluding hydrogens is 432 g/mol. The van der Waals surface area contributed by atoms with Gasteiger partial charge < -0.3 is 20.1 Å². The summed E-state index contributed by atoms with van der Waals surface area (Å²) in [5, 5.41) is 11.7. The Kier molecular flexibility index (Phi) is 7.64. The minimum absolute atomic E-state index is 0.0143. The molecule has 0 bridgehead atoms. The molecule has 2 amide bonds. The first-order valence-electron chi connectivity index (χ1n) is 11.6. The summed E-state index contributed by atoms with van der Waals surface area (Å²) in [6, 6.07) is 15.0. The molecule has 34 heavy (non-hydrogen) atoms. The van der Waals surface area contributed by atoms with Crippen molar-refractivity contribution in [3.8, 4) is 11.1 Å². The number of hydrogen-bond donors (Lipinski definition) is 2. The summed E-state index contributed by atoms with van der Waals surface area (Å²) >= 11 is 0. The van der Waals surface area contributed by atoms with Crippen molar-refractivity contribution in [2.45, 2.75) is 58.5 Å². The molecule has 0 radical (unpaired) electrons. The summed E-state index contributed by atoms with van der Waals surface area (Å²) < 4.78 is 5.57. The van der Waals surface area contributed by atoms with Crippen LogP contribution in [0.25, 0.3) is 11.1 Å². The van der Waals surface area contributed by atoms with E-state index in [-0.39, 0.29) is 42.7 Å². The van der Waals surface area contributed by atoms with Crippen LogP contribution in [0.5, 0.6) is 0 Å². The predicted octanol–water partition coefficient (Wildman–Crippen LogP) is 4.65. The first-order valence-corrected chi connectivity index (χ1v) is 11.6. The maximum atomic E-state index is 13.1. The maximum absolute atomic E-state index is 13.1. The van der Waals surface area contributed by atoms with Crippen molar-refractivity contribution in [1.82, 2.24) is 10.2 Å². The zero-order valence-corrected chi connectivity index (χ0v) is 20.5. The summed E-state index contributed by atoms with van der Waals surface area (Å²) in [5.74, 6) is -1.47. The van der Waals surface area contributed by atoms with E-state index in [0.29, 0.717) is 0 Å². The van der Waals surface area contributed by atoms with Crippen molar-refractivity contribution in [3.63, 3.8) is 0 Å². The Morgan fingerprint density at radius 2 is 1.56 bits per heavy atom. The number of amides is 2. The third-order valence-electron chi connectivity index (χ3n) is 6.76. The van der Waals surface area contributed by atoms with E-state index in [4.69, 9.17) is 9.84 Å². The summed E-state index contributed by atoms with van der Waals surface area (Å²) in [4.78, 5) is 38.6. The number of carbonyl (C=O) groups excluding carboxylic acids is 2. The Morgan fingerprint density at radius 1 is 1.03 bits per heavy atom. The Morgan fingerprint density at radius 3 is 2.06 bits per heavy atom. The van der Waals surface area contributed by atoms with E-state index in [1.54, 1.807) is 11.9 Å². The number of likely N-dealkylation sites (N-methyl/N-ethyl adjacent to an activating group) is 1. The topological polar surface area (TPSA) is 95.9 Å². The first-order chi connectivity index (χ1) is 16.0. The van der Waals surface area contributed by atoms with Gasteiger partial charge in [0.05, 0.1) is 0 Å². The van der Waals surface area contributed by atoms with Crippen LogP contribution in [-0.4, -0.2) is 53.7 Å². The third kappa shape index (κ3) is 5.58. The number of carbonyl (C=O) groups is 3. The zero-order valence-electron chi connectivity index (χ0n) is 20.5. The highest BCUT2D eigenvalue weighted by Crippen LogP contribution is 2.44. The molecule has 0 spiro atoms. The minimum Gasteiger partial charge on any atom is -0.481 e. The molecule has 0 heterocycles. The second-order valence-electron chi connectivity index (χ2n) is 9.95. The van der Waals surface area contributed by atoms with Crippen molar-refractivity contribution < 1.29 is 24.2 Å². The van der Waals surface area contributed by atoms with Crippen LogP contribution < -0.4 is 5.32 Å². The number of nitrogens with one attached hydrogen (secondary N) is 1. The number of carboxylic acid groups (broad SMARTS) is 1. The molecular formula is C27H34N2O5. The Bertz CT molecular complexity index is 1010. The number of carboxylic acids is 1. The van der Waals surface area contributed by atoms with Gasteiger partial charge in [0.1, 0.15) is 12.6 Å². The van der Waals surface area contributed by atoms with Crippen LogP contribution in [0.4, 0.5) is 4.79 Å². The molecule has 2 N–H and O–H groups in total. The smallest absolute Gasteiger partial charge is 0.407 e. The summed E-state index contributed by atoms with van der Waals surface area (Å²) in [5.41, 5.74) is 4.26. The average Bonchev–Trinajstić information content (AvgIpc) is 3.12. The maximum Gasteiger partial charge on any atom is 0.407 e. The Hall–Kier alpha value is -3.35. The van der Waals surface area contributed by atoms with Gasteiger partial charge in [-0.2, -0.15) is 0 Å². The number of alkyl carbamates (subject to hydrolysis) is 1. The van der Waals surface area contributed by atoms with Crippen molar-refractivity contribution in [3.05, 3.63) is 59.7 Å². The van der Waals surface area contributed by atoms with Gasteiger partial charge in [0.2, 0.25) is 5.91 Å². The van der Waals surface area contributed by atoms with Crippen LogP contribution in [0.1, 0.15) is 57.6 Å². The molecule has 7 nitrogen and oxygen atoms in total. The van der Waals surface area contributed by atoms with Gasteiger partial charge in [-0.25, -0.2) is 4.79 Å². The number of nitrogens with zero attached hydrogens (tertiary/aromatic N) is 1. The van der Waals surface area contributed by atoms with Gasteiger partial charge >= 0.3 is 12.1 Å². The summed E-state index contributed by atoms with van der Waals surface area (Å²) in [6.07, 6.45) is -0.986. The zero-order chi connectivity index (χ0) is 25.0. The predicted molar refractivity (Wildman–Crippen MR) is 131 cm³/mol. The van der Waals surface area contributed by atoms with Gasteiger partial charge in [-0.15, -0.1) is 0 Å². The van der Waals surface area contributed by atoms with Gasteiger partial charge in [-0.3, -0.25) is 9.59 Å². The van der Waals surface area contributed by atoms with E-state index in [2.05, 4.69) is 17.4 Å². The SMILES string of the molecule is CC(N(C)C(=O)C(CCC(=O)O)NC(=O)OCC1c2ccccc2-c2ccccc21)C(C)(C)C. The van der Waals surface area contributed by atoms with Gasteiger partial charge in [-0.1, -0.05) is 69.3 Å². The standard InChI is InChI=1S/C27H34N2O5/c1-17(27(2,3)4)29(5)25(32)23(14-15-24(30)31)28-26(33)34-16-22-20-12-8-6-10-18(20)19-11-7-9-13-21(19)22/h6-13,17,22-23H,14-16H2,1-5H3,(H,28,33)(H,30,31). The highest BCUT2D eigenvalue weighted by Gasteiger charge is 2.33. The summed E-state index contributed by atoms with van der Waals surface area (Å²) in [6.45, 7) is 8.11. The molecule has 0 aromatic heterocycles. The van der Waals surface area contributed by atoms with Crippen LogP contribution in [0.15, 0.2) is 48.5 Å². The molecule has 0 saturated carbocycles. The molecule has 0 aliphatic heterocycles. The number of rotatable bonds is 8. The van der Waals surface area contributed by atoms with Crippen molar-refractivity contribution in [2.24, 2.45) is 5.41 Å². The molecule has 0 saturated heterocycles. The number of ether oxygens (including phenoxy) is 1. The monoisotopic (exact) mass is 466 g/mol. The minimum atomic E-state index is -1.03. The van der Waals surface area contributed by atoms with Crippen molar-refractivity contribution in [1.29, 1.82) is 0 Å². The van der Waals surface area contributed by atoms with Gasteiger partial charge in [-0.05, 0) is 41.0 Å². The lowest BCUT2D eigenvalue weighted by Gasteiger charge is -2.37. The fourth-order valence-corrected chi connectivity index (χ4v) is 4.33. The number of aliphatic carboxylic acids is 1. The fraction of sp³-hybridized carbons (Fsp3) is 0.444. The molecule has 2 atom stereocenters. The lowest BCUT2D eigenvalue weighted by atomic mass is 9.87. The van der Waals surface area contributed by atoms with E-state index >= 15 is 0 Å². The van der Waals surface area contributed by atoms with E-state index in [1.807, 2.05) is 64.1 Å². The largest absolute Gasteiger partial charge is 0.481 e. The molecule has 182 valence electrons. The summed E-state index contributed by atoms with van der Waals surface area (Å²) in [7, 11) is 1.67. The van der Waals surface area contributed by atoms with Crippen LogP contribution >= 0.6 is 0 Å². The third-order valence-corrected chi connectivity index (χ3v) is 6.76. The Balaban J connectivity index is 1.70. The lowest BCUT2D eigenvalue weighted by Crippen LogP contribution is -2.52.